The highest BCUT2D eigenvalue weighted by molar-refractivity contribution is 5.83. The van der Waals surface area contributed by atoms with Crippen LogP contribution in [0.1, 0.15) is 31.7 Å². The molecule has 2 N–H and O–H groups in total. The number of hydrogen-bond acceptors (Lipinski definition) is 3. The predicted molar refractivity (Wildman–Crippen MR) is 71.2 cm³/mol. The minimum Gasteiger partial charge on any atom is -0.445 e. The number of alkyl carbamates (subject to hydrolysis) is 1. The molecule has 0 aliphatic rings. The molecule has 1 aromatic carbocycles. The molecule has 0 aliphatic heterocycles. The van der Waals surface area contributed by atoms with Crippen molar-refractivity contribution >= 4 is 12.0 Å². The van der Waals surface area contributed by atoms with Crippen LogP contribution < -0.4 is 11.1 Å². The van der Waals surface area contributed by atoms with Crippen LogP contribution in [-0.4, -0.2) is 18.0 Å². The number of carbonyl (C=O) groups is 2. The molecular weight excluding hydrogens is 244 g/mol. The molecule has 0 spiro atoms. The summed E-state index contributed by atoms with van der Waals surface area (Å²) in [5, 5.41) is 2.42. The van der Waals surface area contributed by atoms with Gasteiger partial charge in [0.15, 0.2) is 0 Å². The summed E-state index contributed by atoms with van der Waals surface area (Å²) in [6, 6.07) is 8.50. The quantitative estimate of drug-likeness (QED) is 0.819. The molecule has 5 nitrogen and oxygen atoms in total. The third kappa shape index (κ3) is 5.90. The normalized spacial score (nSPS) is 11.6. The highest BCUT2D eigenvalue weighted by Crippen LogP contribution is 2.03. The van der Waals surface area contributed by atoms with E-state index in [4.69, 9.17) is 10.5 Å². The fraction of sp³-hybridized carbons (Fsp3) is 0.429. The van der Waals surface area contributed by atoms with E-state index in [0.29, 0.717) is 6.42 Å². The Hall–Kier alpha value is -2.04. The van der Waals surface area contributed by atoms with Crippen molar-refractivity contribution in [2.24, 2.45) is 0 Å². The van der Waals surface area contributed by atoms with Crippen LogP contribution in [0.5, 0.6) is 0 Å². The van der Waals surface area contributed by atoms with Crippen LogP contribution in [0.25, 0.3) is 0 Å². The minimum absolute atomic E-state index is 0.152. The fourth-order valence-electron chi connectivity index (χ4n) is 1.58. The van der Waals surface area contributed by atoms with E-state index in [9.17, 15) is 9.59 Å². The van der Waals surface area contributed by atoms with Crippen molar-refractivity contribution < 1.29 is 14.3 Å². The van der Waals surface area contributed by atoms with Crippen molar-refractivity contribution in [1.82, 2.24) is 11.1 Å². The zero-order valence-electron chi connectivity index (χ0n) is 11.0. The average Bonchev–Trinajstić information content (AvgIpc) is 2.42. The number of hydrogen-bond donors (Lipinski definition) is 1. The molecule has 1 unspecified atom stereocenters. The zero-order valence-corrected chi connectivity index (χ0v) is 11.0. The van der Waals surface area contributed by atoms with E-state index >= 15 is 0 Å². The Bertz CT molecular complexity index is 406. The summed E-state index contributed by atoms with van der Waals surface area (Å²) in [7, 11) is 0. The number of rotatable bonds is 7. The van der Waals surface area contributed by atoms with Gasteiger partial charge in [0.05, 0.1) is 0 Å². The maximum atomic E-state index is 11.5. The molecule has 1 aromatic rings. The second kappa shape index (κ2) is 8.13. The van der Waals surface area contributed by atoms with Crippen LogP contribution in [0, 0.1) is 0 Å². The third-order valence-electron chi connectivity index (χ3n) is 2.67. The summed E-state index contributed by atoms with van der Waals surface area (Å²) in [5.41, 5.74) is 7.97. The first kappa shape index (κ1) is 15.0. The summed E-state index contributed by atoms with van der Waals surface area (Å²) in [6.07, 6.45) is 1.50. The number of nitrogens with one attached hydrogen (secondary N) is 2. The second-order valence-corrected chi connectivity index (χ2v) is 4.27. The monoisotopic (exact) mass is 263 g/mol. The standard InChI is InChI=1S/C14H19N2O3/c1-2-3-9-12(13(15)17)16-14(18)19-10-11-7-5-4-6-8-11/h4-8,12,15H,2-3,9-10H2,1H3,(H,16,18). The summed E-state index contributed by atoms with van der Waals surface area (Å²) in [5.74, 6) is -0.787. The van der Waals surface area contributed by atoms with Crippen molar-refractivity contribution in [2.45, 2.75) is 38.8 Å². The maximum Gasteiger partial charge on any atom is 0.408 e. The largest absolute Gasteiger partial charge is 0.445 e. The van der Waals surface area contributed by atoms with Gasteiger partial charge in [-0.25, -0.2) is 4.79 Å². The fourth-order valence-corrected chi connectivity index (χ4v) is 1.58. The van der Waals surface area contributed by atoms with Gasteiger partial charge in [0.25, 0.3) is 5.91 Å². The van der Waals surface area contributed by atoms with E-state index in [2.05, 4.69) is 5.32 Å². The molecular formula is C14H19N2O3. The first-order valence-electron chi connectivity index (χ1n) is 6.36. The first-order chi connectivity index (χ1) is 9.13. The number of ether oxygens (including phenoxy) is 1. The first-order valence-corrected chi connectivity index (χ1v) is 6.36. The molecule has 0 aliphatic carbocycles. The molecule has 0 saturated heterocycles. The Morgan fingerprint density at radius 2 is 2.00 bits per heavy atom. The van der Waals surface area contributed by atoms with Crippen molar-refractivity contribution in [2.75, 3.05) is 0 Å². The van der Waals surface area contributed by atoms with E-state index in [1.807, 2.05) is 37.3 Å². The van der Waals surface area contributed by atoms with Crippen LogP contribution in [0.15, 0.2) is 30.3 Å². The second-order valence-electron chi connectivity index (χ2n) is 4.27. The van der Waals surface area contributed by atoms with Crippen molar-refractivity contribution in [3.05, 3.63) is 35.9 Å². The molecule has 1 atom stereocenters. The minimum atomic E-state index is -0.787. The lowest BCUT2D eigenvalue weighted by atomic mass is 10.1. The summed E-state index contributed by atoms with van der Waals surface area (Å²) in [4.78, 5) is 22.6. The van der Waals surface area contributed by atoms with Crippen LogP contribution >= 0.6 is 0 Å². The number of carbonyl (C=O) groups excluding carboxylic acids is 2. The van der Waals surface area contributed by atoms with Crippen LogP contribution in [0.3, 0.4) is 0 Å². The van der Waals surface area contributed by atoms with Gasteiger partial charge >= 0.3 is 6.09 Å². The van der Waals surface area contributed by atoms with Crippen molar-refractivity contribution in [1.29, 1.82) is 0 Å². The van der Waals surface area contributed by atoms with E-state index in [1.165, 1.54) is 0 Å². The summed E-state index contributed by atoms with van der Waals surface area (Å²) >= 11 is 0. The Kier molecular flexibility index (Phi) is 6.43. The molecule has 0 bridgehead atoms. The lowest BCUT2D eigenvalue weighted by molar-refractivity contribution is -0.120. The van der Waals surface area contributed by atoms with Gasteiger partial charge in [-0.2, -0.15) is 0 Å². The molecule has 5 heteroatoms. The Labute approximate surface area is 113 Å². The lowest BCUT2D eigenvalue weighted by Crippen LogP contribution is -2.41. The van der Waals surface area contributed by atoms with Gasteiger partial charge in [0.1, 0.15) is 12.6 Å². The molecule has 0 saturated carbocycles. The Morgan fingerprint density at radius 1 is 1.32 bits per heavy atom. The number of benzene rings is 1. The molecule has 19 heavy (non-hydrogen) atoms. The number of amides is 2. The van der Waals surface area contributed by atoms with Crippen LogP contribution in [0.2, 0.25) is 0 Å². The van der Waals surface area contributed by atoms with Crippen molar-refractivity contribution in [3.63, 3.8) is 0 Å². The van der Waals surface area contributed by atoms with Gasteiger partial charge < -0.3 is 10.1 Å². The summed E-state index contributed by atoms with van der Waals surface area (Å²) < 4.78 is 5.00. The van der Waals surface area contributed by atoms with Gasteiger partial charge in [-0.3, -0.25) is 10.5 Å². The molecule has 0 aromatic heterocycles. The highest BCUT2D eigenvalue weighted by Gasteiger charge is 2.18. The molecule has 0 fully saturated rings. The SMILES string of the molecule is CCCCC(NC(=O)OCc1ccccc1)C([NH])=O. The van der Waals surface area contributed by atoms with Gasteiger partial charge in [-0.05, 0) is 12.0 Å². The third-order valence-corrected chi connectivity index (χ3v) is 2.67. The van der Waals surface area contributed by atoms with Crippen LogP contribution in [0.4, 0.5) is 4.79 Å². The van der Waals surface area contributed by atoms with Crippen LogP contribution in [-0.2, 0) is 16.1 Å². The van der Waals surface area contributed by atoms with E-state index in [0.717, 1.165) is 18.4 Å². The molecule has 103 valence electrons. The Balaban J connectivity index is 2.38. The molecule has 2 amide bonds. The van der Waals surface area contributed by atoms with Crippen molar-refractivity contribution in [3.8, 4) is 0 Å². The molecule has 1 radical (unpaired) electrons. The topological polar surface area (TPSA) is 79.2 Å². The van der Waals surface area contributed by atoms with E-state index in [-0.39, 0.29) is 6.61 Å². The maximum absolute atomic E-state index is 11.5. The van der Waals surface area contributed by atoms with Gasteiger partial charge in [0, 0.05) is 0 Å². The van der Waals surface area contributed by atoms with Gasteiger partial charge in [0.2, 0.25) is 0 Å². The van der Waals surface area contributed by atoms with E-state index in [1.54, 1.807) is 0 Å². The Morgan fingerprint density at radius 3 is 2.58 bits per heavy atom. The molecule has 1 rings (SSSR count). The smallest absolute Gasteiger partial charge is 0.408 e. The van der Waals surface area contributed by atoms with Gasteiger partial charge in [-0.15, -0.1) is 0 Å². The van der Waals surface area contributed by atoms with Gasteiger partial charge in [-0.1, -0.05) is 50.1 Å². The average molecular weight is 263 g/mol. The van der Waals surface area contributed by atoms with E-state index < -0.39 is 18.0 Å². The summed E-state index contributed by atoms with van der Waals surface area (Å²) in [6.45, 7) is 2.14. The predicted octanol–water partition coefficient (Wildman–Crippen LogP) is 2.28. The zero-order chi connectivity index (χ0) is 14.1. The highest BCUT2D eigenvalue weighted by atomic mass is 16.5. The lowest BCUT2D eigenvalue weighted by Gasteiger charge is -2.14. The molecule has 0 heterocycles. The number of unbranched alkanes of at least 4 members (excludes halogenated alkanes) is 1.